The van der Waals surface area contributed by atoms with Gasteiger partial charge in [0.25, 0.3) is 0 Å². The fraction of sp³-hybridized carbons (Fsp3) is 0.556. The summed E-state index contributed by atoms with van der Waals surface area (Å²) in [6.45, 7) is 6.48. The Hall–Kier alpha value is -0.890. The highest BCUT2D eigenvalue weighted by atomic mass is 32.2. The van der Waals surface area contributed by atoms with Gasteiger partial charge in [0.2, 0.25) is 0 Å². The Morgan fingerprint density at radius 2 is 2.12 bits per heavy atom. The Bertz CT molecular complexity index is 525. The average Bonchev–Trinajstić information content (AvgIpc) is 2.62. The Morgan fingerprint density at radius 1 is 1.33 bits per heavy atom. The van der Waals surface area contributed by atoms with Gasteiger partial charge in [-0.05, 0) is 5.75 Å². The lowest BCUT2D eigenvalue weighted by molar-refractivity contribution is -0.322. The lowest BCUT2D eigenvalue weighted by atomic mass is 9.98. The van der Waals surface area contributed by atoms with Crippen LogP contribution >= 0.6 is 11.8 Å². The van der Waals surface area contributed by atoms with Gasteiger partial charge in [-0.1, -0.05) is 43.3 Å². The molecule has 5 nitrogen and oxygen atoms in total. The van der Waals surface area contributed by atoms with Crippen LogP contribution < -0.4 is 0 Å². The van der Waals surface area contributed by atoms with E-state index in [1.165, 1.54) is 0 Å². The number of benzene rings is 1. The van der Waals surface area contributed by atoms with Gasteiger partial charge in [-0.25, -0.2) is 0 Å². The molecule has 0 spiro atoms. The molecule has 0 bridgehead atoms. The molecule has 2 fully saturated rings. The molecule has 2 heterocycles. The molecule has 0 saturated carbocycles. The summed E-state index contributed by atoms with van der Waals surface area (Å²) in [6.07, 6.45) is -0.674. The summed E-state index contributed by atoms with van der Waals surface area (Å²) in [5.41, 5.74) is 0.601. The van der Waals surface area contributed by atoms with Crippen molar-refractivity contribution in [1.82, 2.24) is 0 Å². The van der Waals surface area contributed by atoms with Gasteiger partial charge in [0, 0.05) is 5.56 Å². The lowest BCUT2D eigenvalue weighted by Crippen LogP contribution is -2.61. The van der Waals surface area contributed by atoms with Crippen LogP contribution in [0.5, 0.6) is 0 Å². The number of rotatable bonds is 6. The van der Waals surface area contributed by atoms with E-state index in [1.807, 2.05) is 37.3 Å². The molecule has 3 rings (SSSR count). The number of hydrogen-bond acceptors (Lipinski definition) is 6. The Balaban J connectivity index is 1.76. The van der Waals surface area contributed by atoms with Crippen molar-refractivity contribution in [3.05, 3.63) is 48.6 Å². The Kier molecular flexibility index (Phi) is 6.32. The summed E-state index contributed by atoms with van der Waals surface area (Å²) in [5.74, 6) is 0.849. The van der Waals surface area contributed by atoms with Crippen molar-refractivity contribution in [3.63, 3.8) is 0 Å². The summed E-state index contributed by atoms with van der Waals surface area (Å²) in [5, 5.41) is 10.7. The van der Waals surface area contributed by atoms with Crippen molar-refractivity contribution in [2.24, 2.45) is 0 Å². The predicted octanol–water partition coefficient (Wildman–Crippen LogP) is 2.51. The molecule has 132 valence electrons. The second-order valence-electron chi connectivity index (χ2n) is 5.75. The summed E-state index contributed by atoms with van der Waals surface area (Å²) < 4.78 is 23.8. The summed E-state index contributed by atoms with van der Waals surface area (Å²) in [6, 6.07) is 9.76. The summed E-state index contributed by atoms with van der Waals surface area (Å²) in [4.78, 5) is 0. The SMILES string of the molecule is C=CCO[C@@H]1[C@H](O)[C@@H](SCC)O[C@@H]2CO[C@@H](c3ccccc3)O[C@@H]12. The molecule has 6 heteroatoms. The second-order valence-corrected chi connectivity index (χ2v) is 7.13. The van der Waals surface area contributed by atoms with E-state index < -0.39 is 18.5 Å². The quantitative estimate of drug-likeness (QED) is 0.794. The molecule has 1 N–H and O–H groups in total. The van der Waals surface area contributed by atoms with Crippen LogP contribution in [0.15, 0.2) is 43.0 Å². The van der Waals surface area contributed by atoms with Crippen molar-refractivity contribution in [2.75, 3.05) is 19.0 Å². The minimum atomic E-state index is -0.759. The fourth-order valence-corrected chi connectivity index (χ4v) is 3.92. The van der Waals surface area contributed by atoms with Gasteiger partial charge >= 0.3 is 0 Å². The van der Waals surface area contributed by atoms with Gasteiger partial charge in [-0.2, -0.15) is 0 Å². The van der Waals surface area contributed by atoms with Crippen molar-refractivity contribution in [2.45, 2.75) is 43.1 Å². The van der Waals surface area contributed by atoms with Gasteiger partial charge in [0.15, 0.2) is 6.29 Å². The standard InChI is InChI=1S/C18H24O5S/c1-3-10-20-16-14(19)18(24-4-2)22-13-11-21-17(23-15(13)16)12-8-6-5-7-9-12/h3,5-9,13-19H,1,4,10-11H2,2H3/t13-,14+,15-,16-,17-,18-/m1/s1. The average molecular weight is 352 g/mol. The van der Waals surface area contributed by atoms with Crippen LogP contribution in [0.3, 0.4) is 0 Å². The Morgan fingerprint density at radius 3 is 2.83 bits per heavy atom. The maximum Gasteiger partial charge on any atom is 0.184 e. The predicted molar refractivity (Wildman–Crippen MR) is 92.7 cm³/mol. The molecule has 6 atom stereocenters. The number of aliphatic hydroxyl groups is 1. The van der Waals surface area contributed by atoms with Crippen LogP contribution in [-0.4, -0.2) is 53.9 Å². The highest BCUT2D eigenvalue weighted by molar-refractivity contribution is 7.99. The van der Waals surface area contributed by atoms with Crippen LogP contribution in [-0.2, 0) is 18.9 Å². The number of ether oxygens (including phenoxy) is 4. The molecule has 0 aromatic heterocycles. The first-order valence-electron chi connectivity index (χ1n) is 8.24. The minimum Gasteiger partial charge on any atom is -0.387 e. The number of aliphatic hydroxyl groups excluding tert-OH is 1. The normalized spacial score (nSPS) is 36.1. The van der Waals surface area contributed by atoms with E-state index in [4.69, 9.17) is 18.9 Å². The van der Waals surface area contributed by atoms with E-state index in [0.717, 1.165) is 11.3 Å². The molecule has 1 aromatic carbocycles. The molecule has 2 aliphatic heterocycles. The Labute approximate surface area is 146 Å². The van der Waals surface area contributed by atoms with Crippen LogP contribution in [0.2, 0.25) is 0 Å². The first kappa shape index (κ1) is 17.9. The van der Waals surface area contributed by atoms with E-state index in [2.05, 4.69) is 6.58 Å². The van der Waals surface area contributed by atoms with Crippen LogP contribution in [0.25, 0.3) is 0 Å². The molecule has 0 unspecified atom stereocenters. The van der Waals surface area contributed by atoms with E-state index in [1.54, 1.807) is 17.8 Å². The number of hydrogen-bond donors (Lipinski definition) is 1. The maximum atomic E-state index is 10.7. The summed E-state index contributed by atoms with van der Waals surface area (Å²) >= 11 is 1.56. The minimum absolute atomic E-state index is 0.257. The van der Waals surface area contributed by atoms with Crippen LogP contribution in [0.4, 0.5) is 0 Å². The first-order valence-corrected chi connectivity index (χ1v) is 9.29. The zero-order valence-electron chi connectivity index (χ0n) is 13.7. The van der Waals surface area contributed by atoms with Gasteiger partial charge in [-0.15, -0.1) is 18.3 Å². The third-order valence-electron chi connectivity index (χ3n) is 4.12. The van der Waals surface area contributed by atoms with Crippen LogP contribution in [0.1, 0.15) is 18.8 Å². The molecule has 0 radical (unpaired) electrons. The van der Waals surface area contributed by atoms with Crippen molar-refractivity contribution in [3.8, 4) is 0 Å². The monoisotopic (exact) mass is 352 g/mol. The van der Waals surface area contributed by atoms with E-state index in [-0.39, 0.29) is 17.6 Å². The van der Waals surface area contributed by atoms with Crippen molar-refractivity contribution >= 4 is 11.8 Å². The van der Waals surface area contributed by atoms with E-state index >= 15 is 0 Å². The first-order chi connectivity index (χ1) is 11.7. The largest absolute Gasteiger partial charge is 0.387 e. The van der Waals surface area contributed by atoms with Crippen molar-refractivity contribution in [1.29, 1.82) is 0 Å². The zero-order valence-corrected chi connectivity index (χ0v) is 14.6. The molecule has 0 amide bonds. The highest BCUT2D eigenvalue weighted by Gasteiger charge is 2.50. The van der Waals surface area contributed by atoms with Crippen LogP contribution in [0, 0.1) is 0 Å². The molecular weight excluding hydrogens is 328 g/mol. The van der Waals surface area contributed by atoms with Gasteiger partial charge in [0.05, 0.1) is 13.2 Å². The molecule has 2 aliphatic rings. The second kappa shape index (κ2) is 8.47. The van der Waals surface area contributed by atoms with Gasteiger partial charge < -0.3 is 24.1 Å². The molecule has 0 aliphatic carbocycles. The van der Waals surface area contributed by atoms with E-state index in [0.29, 0.717) is 13.2 Å². The highest BCUT2D eigenvalue weighted by Crippen LogP contribution is 2.37. The fourth-order valence-electron chi connectivity index (χ4n) is 3.01. The zero-order chi connectivity index (χ0) is 16.9. The molecular formula is C18H24O5S. The van der Waals surface area contributed by atoms with Crippen molar-refractivity contribution < 1.29 is 24.1 Å². The molecule has 2 saturated heterocycles. The topological polar surface area (TPSA) is 57.2 Å². The van der Waals surface area contributed by atoms with E-state index in [9.17, 15) is 5.11 Å². The molecule has 24 heavy (non-hydrogen) atoms. The third kappa shape index (κ3) is 3.85. The lowest BCUT2D eigenvalue weighted by Gasteiger charge is -2.47. The maximum absolute atomic E-state index is 10.7. The third-order valence-corrected chi connectivity index (χ3v) is 5.17. The number of thioether (sulfide) groups is 1. The summed E-state index contributed by atoms with van der Waals surface area (Å²) in [7, 11) is 0. The molecule has 1 aromatic rings. The van der Waals surface area contributed by atoms with Gasteiger partial charge in [0.1, 0.15) is 29.9 Å². The van der Waals surface area contributed by atoms with Gasteiger partial charge in [-0.3, -0.25) is 0 Å². The number of fused-ring (bicyclic) bond motifs is 1. The smallest absolute Gasteiger partial charge is 0.184 e.